The smallest absolute Gasteiger partial charge is 0.474 e. The van der Waals surface area contributed by atoms with Crippen molar-refractivity contribution in [3.63, 3.8) is 0 Å². The number of hydrogen-bond donors (Lipinski definition) is 0. The fourth-order valence-electron chi connectivity index (χ4n) is 2.81. The Hall–Kier alpha value is -0.170. The van der Waals surface area contributed by atoms with Crippen LogP contribution in [0.15, 0.2) is 91.0 Å². The van der Waals surface area contributed by atoms with Gasteiger partial charge < -0.3 is 6.42 Å². The normalized spacial score (nSPS) is 14.8. The van der Waals surface area contributed by atoms with Gasteiger partial charge in [0.05, 0.1) is 0 Å². The van der Waals surface area contributed by atoms with Crippen LogP contribution in [0.1, 0.15) is 0 Å². The van der Waals surface area contributed by atoms with Gasteiger partial charge in [0.25, 0.3) is 0 Å². The van der Waals surface area contributed by atoms with Gasteiger partial charge in [-0.3, -0.25) is 0 Å². The maximum atomic E-state index is 3.28. The Morgan fingerprint density at radius 2 is 0.875 bits per heavy atom. The molecular formula is C28H23AuBrFeP. The van der Waals surface area contributed by atoms with Gasteiger partial charge in [-0.25, -0.2) is 12.8 Å². The van der Waals surface area contributed by atoms with E-state index in [-0.39, 0.29) is 39.4 Å². The van der Waals surface area contributed by atoms with Crippen LogP contribution in [0.4, 0.5) is 0 Å². The number of hydrogen-bond acceptors (Lipinski definition) is 0. The third-order valence-corrected chi connectivity index (χ3v) is 7.13. The maximum Gasteiger partial charge on any atom is 1.00 e. The van der Waals surface area contributed by atoms with Gasteiger partial charge in [0, 0.05) is 21.9 Å². The van der Waals surface area contributed by atoms with Crippen LogP contribution in [0.5, 0.6) is 0 Å². The molecule has 0 aliphatic heterocycles. The van der Waals surface area contributed by atoms with E-state index in [1.165, 1.54) is 15.9 Å². The van der Waals surface area contributed by atoms with Crippen LogP contribution in [-0.4, -0.2) is 0 Å². The maximum absolute atomic E-state index is 3.28. The van der Waals surface area contributed by atoms with E-state index in [1.54, 1.807) is 0 Å². The summed E-state index contributed by atoms with van der Waals surface area (Å²) in [6, 6.07) is 32.3. The fraction of sp³-hybridized carbons (Fsp3) is 0. The second-order valence-electron chi connectivity index (χ2n) is 6.33. The second kappa shape index (κ2) is 18.2. The summed E-state index contributed by atoms with van der Waals surface area (Å²) in [4.78, 5) is 1.16. The molecule has 2 aliphatic carbocycles. The summed E-state index contributed by atoms with van der Waals surface area (Å²) in [5.74, 6) is 0. The number of benzene rings is 3. The Labute approximate surface area is 231 Å². The minimum absolute atomic E-state index is 0. The van der Waals surface area contributed by atoms with Gasteiger partial charge in [0.1, 0.15) is 0 Å². The van der Waals surface area contributed by atoms with Crippen LogP contribution < -0.4 is 15.9 Å². The van der Waals surface area contributed by atoms with Gasteiger partial charge in [-0.2, -0.15) is 0 Å². The second-order valence-corrected chi connectivity index (χ2v) is 9.47. The molecule has 166 valence electrons. The largest absolute Gasteiger partial charge is 1.00 e. The Kier molecular flexibility index (Phi) is 17.0. The molecule has 0 atom stereocenters. The molecule has 0 bridgehead atoms. The van der Waals surface area contributed by atoms with Gasteiger partial charge >= 0.3 is 22.4 Å². The van der Waals surface area contributed by atoms with Crippen LogP contribution in [0, 0.1) is 62.6 Å². The first-order valence-corrected chi connectivity index (χ1v) is 11.9. The molecule has 0 unspecified atom stereocenters. The topological polar surface area (TPSA) is 0 Å². The number of halogens is 1. The molecule has 2 aliphatic rings. The minimum atomic E-state index is -0.446. The molecule has 0 heterocycles. The van der Waals surface area contributed by atoms with Gasteiger partial charge in [-0.15, -0.1) is 0 Å². The molecule has 4 heteroatoms. The molecule has 0 spiro atoms. The monoisotopic (exact) mass is 722 g/mol. The van der Waals surface area contributed by atoms with Crippen LogP contribution in [-0.2, 0) is 39.4 Å². The first-order valence-electron chi connectivity index (χ1n) is 9.75. The molecular weight excluding hydrogens is 700 g/mol. The molecule has 10 radical (unpaired) electrons. The SMILES string of the molecule is Br[C]1[CH][CH][CH][CH]1.[Au+].[C-]1[CH][CH][CH][CH]1.[Fe].c1ccc(P(c2ccccc2)c2ccccc2)cc1. The third kappa shape index (κ3) is 10.8. The molecule has 0 nitrogen and oxygen atoms in total. The van der Waals surface area contributed by atoms with E-state index in [2.05, 4.69) is 113 Å². The zero-order valence-electron chi connectivity index (χ0n) is 17.3. The van der Waals surface area contributed by atoms with Crippen LogP contribution in [0.25, 0.3) is 0 Å². The van der Waals surface area contributed by atoms with Crippen LogP contribution >= 0.6 is 23.9 Å². The van der Waals surface area contributed by atoms with Gasteiger partial charge in [-0.1, -0.05) is 120 Å². The average Bonchev–Trinajstić information content (AvgIpc) is 3.54. The quantitative estimate of drug-likeness (QED) is 0.175. The summed E-state index contributed by atoms with van der Waals surface area (Å²) in [5.41, 5.74) is 0. The van der Waals surface area contributed by atoms with Crippen molar-refractivity contribution in [2.24, 2.45) is 0 Å². The molecule has 3 aromatic carbocycles. The van der Waals surface area contributed by atoms with E-state index in [4.69, 9.17) is 0 Å². The molecule has 5 rings (SSSR count). The fourth-order valence-corrected chi connectivity index (χ4v) is 5.42. The predicted octanol–water partition coefficient (Wildman–Crippen LogP) is 6.08. The van der Waals surface area contributed by atoms with Crippen LogP contribution in [0.3, 0.4) is 0 Å². The molecule has 32 heavy (non-hydrogen) atoms. The van der Waals surface area contributed by atoms with E-state index in [0.29, 0.717) is 0 Å². The van der Waals surface area contributed by atoms with Crippen molar-refractivity contribution in [3.05, 3.63) is 154 Å². The van der Waals surface area contributed by atoms with Crippen molar-refractivity contribution in [1.82, 2.24) is 0 Å². The van der Waals surface area contributed by atoms with E-state index >= 15 is 0 Å². The standard InChI is InChI=1S/C18H15P.C5H4Br.C5H4.Au.Fe/c1-4-10-16(11-5-1)19(17-12-6-2-7-13-17)18-14-8-3-9-15-18;6-5-3-1-2-4-5;1-2-4-5-3-1;;/h1-15H;1-4H;1-4H;;/q;;-1;+1;. The van der Waals surface area contributed by atoms with Crippen molar-refractivity contribution in [1.29, 1.82) is 0 Å². The van der Waals surface area contributed by atoms with Crippen molar-refractivity contribution in [2.45, 2.75) is 0 Å². The van der Waals surface area contributed by atoms with E-state index in [0.717, 1.165) is 4.83 Å². The molecule has 3 aromatic rings. The van der Waals surface area contributed by atoms with Crippen molar-refractivity contribution in [3.8, 4) is 0 Å². The van der Waals surface area contributed by atoms with Crippen molar-refractivity contribution >= 4 is 39.8 Å². The first-order chi connectivity index (χ1) is 14.8. The zero-order valence-corrected chi connectivity index (χ0v) is 23.0. The summed E-state index contributed by atoms with van der Waals surface area (Å²) in [5, 5.41) is 4.19. The summed E-state index contributed by atoms with van der Waals surface area (Å²) in [6.45, 7) is 0. The van der Waals surface area contributed by atoms with Crippen LogP contribution in [0.2, 0.25) is 0 Å². The third-order valence-electron chi connectivity index (χ3n) is 4.16. The summed E-state index contributed by atoms with van der Waals surface area (Å²) >= 11 is 3.28. The van der Waals surface area contributed by atoms with Crippen molar-refractivity contribution in [2.75, 3.05) is 0 Å². The van der Waals surface area contributed by atoms with Gasteiger partial charge in [0.2, 0.25) is 0 Å². The zero-order chi connectivity index (χ0) is 20.9. The minimum Gasteiger partial charge on any atom is -0.474 e. The Morgan fingerprint density at radius 1 is 0.531 bits per heavy atom. The van der Waals surface area contributed by atoms with Gasteiger partial charge in [0.15, 0.2) is 0 Å². The molecule has 2 saturated carbocycles. The molecule has 0 amide bonds. The Balaban J connectivity index is 0.000000325. The van der Waals surface area contributed by atoms with Crippen molar-refractivity contribution < 1.29 is 39.4 Å². The van der Waals surface area contributed by atoms with E-state index < -0.39 is 7.92 Å². The first kappa shape index (κ1) is 29.9. The summed E-state index contributed by atoms with van der Waals surface area (Å²) < 4.78 is 0. The average molecular weight is 723 g/mol. The summed E-state index contributed by atoms with van der Waals surface area (Å²) in [6.07, 6.45) is 18.5. The van der Waals surface area contributed by atoms with E-state index in [9.17, 15) is 0 Å². The molecule has 0 N–H and O–H groups in total. The number of rotatable bonds is 3. The van der Waals surface area contributed by atoms with Gasteiger partial charge in [-0.05, 0) is 49.5 Å². The molecule has 2 fully saturated rings. The Morgan fingerprint density at radius 3 is 1.09 bits per heavy atom. The van der Waals surface area contributed by atoms with E-state index in [1.807, 2.05) is 51.4 Å². The summed E-state index contributed by atoms with van der Waals surface area (Å²) in [7, 11) is -0.446. The molecule has 0 saturated heterocycles. The Bertz CT molecular complexity index is 705. The predicted molar refractivity (Wildman–Crippen MR) is 135 cm³/mol. The molecule has 0 aromatic heterocycles.